The lowest BCUT2D eigenvalue weighted by Gasteiger charge is -2.11. The second kappa shape index (κ2) is 8.31. The number of aromatic nitrogens is 3. The maximum atomic E-state index is 9.29. The minimum atomic E-state index is 0.0862. The van der Waals surface area contributed by atoms with Gasteiger partial charge in [-0.15, -0.1) is 5.10 Å². The number of hydrogen-bond donors (Lipinski definition) is 1. The zero-order valence-electron chi connectivity index (χ0n) is 14.3. The normalized spacial score (nSPS) is 10.9. The van der Waals surface area contributed by atoms with Crippen LogP contribution in [0.1, 0.15) is 16.8 Å². The fourth-order valence-corrected chi connectivity index (χ4v) is 2.32. The van der Waals surface area contributed by atoms with E-state index >= 15 is 0 Å². The van der Waals surface area contributed by atoms with Gasteiger partial charge in [0.2, 0.25) is 0 Å². The first kappa shape index (κ1) is 17.7. The quantitative estimate of drug-likeness (QED) is 0.425. The standard InChI is InChI=1S/C19H15N7O/c1-22-26-19(27-12-13-5-3-2-4-6-13)17-18(21)24-11-16(25-17)15-10-23-8-7-14(15)9-20/h2-8,10-11H,1,12H2,(H2,21,24)/b26-19-. The Morgan fingerprint density at radius 3 is 2.78 bits per heavy atom. The Labute approximate surface area is 155 Å². The van der Waals surface area contributed by atoms with Crippen molar-refractivity contribution in [2.45, 2.75) is 6.61 Å². The van der Waals surface area contributed by atoms with Gasteiger partial charge in [0.25, 0.3) is 5.90 Å². The molecule has 0 unspecified atom stereocenters. The largest absolute Gasteiger partial charge is 0.470 e. The van der Waals surface area contributed by atoms with E-state index < -0.39 is 0 Å². The molecule has 0 bridgehead atoms. The molecule has 0 saturated heterocycles. The third-order valence-corrected chi connectivity index (χ3v) is 3.60. The van der Waals surface area contributed by atoms with Crippen LogP contribution in [0.5, 0.6) is 0 Å². The number of nitrogens with zero attached hydrogens (tertiary/aromatic N) is 6. The molecule has 27 heavy (non-hydrogen) atoms. The predicted molar refractivity (Wildman–Crippen MR) is 102 cm³/mol. The van der Waals surface area contributed by atoms with Crippen molar-refractivity contribution in [2.24, 2.45) is 10.2 Å². The molecule has 3 aromatic rings. The van der Waals surface area contributed by atoms with Crippen molar-refractivity contribution >= 4 is 18.4 Å². The molecule has 3 rings (SSSR count). The first-order valence-electron chi connectivity index (χ1n) is 7.90. The molecule has 0 amide bonds. The van der Waals surface area contributed by atoms with Crippen molar-refractivity contribution in [3.63, 3.8) is 0 Å². The van der Waals surface area contributed by atoms with E-state index in [0.29, 0.717) is 16.8 Å². The fraction of sp³-hybridized carbons (Fsp3) is 0.0526. The second-order valence-corrected chi connectivity index (χ2v) is 5.34. The average molecular weight is 357 g/mol. The van der Waals surface area contributed by atoms with Crippen LogP contribution in [-0.4, -0.2) is 27.6 Å². The summed E-state index contributed by atoms with van der Waals surface area (Å²) in [6.45, 7) is 3.61. The summed E-state index contributed by atoms with van der Waals surface area (Å²) in [6, 6.07) is 13.3. The van der Waals surface area contributed by atoms with Crippen LogP contribution in [0.15, 0.2) is 65.2 Å². The van der Waals surface area contributed by atoms with E-state index in [2.05, 4.69) is 37.9 Å². The first-order valence-corrected chi connectivity index (χ1v) is 7.90. The zero-order chi connectivity index (χ0) is 19.1. The number of hydrogen-bond acceptors (Lipinski definition) is 8. The Balaban J connectivity index is 1.97. The minimum absolute atomic E-state index is 0.0862. The van der Waals surface area contributed by atoms with Gasteiger partial charge in [-0.05, 0) is 11.6 Å². The Kier molecular flexibility index (Phi) is 5.45. The third-order valence-electron chi connectivity index (χ3n) is 3.60. The summed E-state index contributed by atoms with van der Waals surface area (Å²) in [6.07, 6.45) is 4.54. The smallest absolute Gasteiger partial charge is 0.263 e. The van der Waals surface area contributed by atoms with E-state index in [9.17, 15) is 5.26 Å². The maximum absolute atomic E-state index is 9.29. The molecule has 0 aliphatic heterocycles. The fourth-order valence-electron chi connectivity index (χ4n) is 2.32. The van der Waals surface area contributed by atoms with Gasteiger partial charge in [-0.1, -0.05) is 30.3 Å². The average Bonchev–Trinajstić information content (AvgIpc) is 2.72. The molecule has 0 aliphatic carbocycles. The van der Waals surface area contributed by atoms with E-state index in [4.69, 9.17) is 10.5 Å². The lowest BCUT2D eigenvalue weighted by molar-refractivity contribution is 0.291. The van der Waals surface area contributed by atoms with Gasteiger partial charge in [0.1, 0.15) is 6.61 Å². The van der Waals surface area contributed by atoms with E-state index in [-0.39, 0.29) is 24.0 Å². The van der Waals surface area contributed by atoms with Crippen molar-refractivity contribution in [1.82, 2.24) is 15.0 Å². The third kappa shape index (κ3) is 4.11. The SMILES string of the molecule is C=N/N=C(\OCc1ccccc1)c1nc(-c2cnccc2C#N)cnc1N. The molecule has 2 heterocycles. The number of nitrogens with two attached hydrogens (primary N) is 1. The highest BCUT2D eigenvalue weighted by atomic mass is 16.5. The van der Waals surface area contributed by atoms with Gasteiger partial charge < -0.3 is 10.5 Å². The van der Waals surface area contributed by atoms with Crippen LogP contribution in [0.3, 0.4) is 0 Å². The molecule has 8 nitrogen and oxygen atoms in total. The van der Waals surface area contributed by atoms with Crippen LogP contribution in [0.4, 0.5) is 5.82 Å². The van der Waals surface area contributed by atoms with Crippen molar-refractivity contribution in [3.8, 4) is 17.3 Å². The number of nitriles is 1. The summed E-state index contributed by atoms with van der Waals surface area (Å²) >= 11 is 0. The molecular formula is C19H15N7O. The summed E-state index contributed by atoms with van der Waals surface area (Å²) in [4.78, 5) is 12.6. The highest BCUT2D eigenvalue weighted by Gasteiger charge is 2.16. The first-order chi connectivity index (χ1) is 13.2. The molecule has 0 radical (unpaired) electrons. The summed E-state index contributed by atoms with van der Waals surface area (Å²) in [5, 5.41) is 16.7. The van der Waals surface area contributed by atoms with Crippen LogP contribution in [-0.2, 0) is 11.3 Å². The molecular weight excluding hydrogens is 342 g/mol. The lowest BCUT2D eigenvalue weighted by Crippen LogP contribution is -2.14. The van der Waals surface area contributed by atoms with Crippen molar-refractivity contribution < 1.29 is 4.74 Å². The number of anilines is 1. The summed E-state index contributed by atoms with van der Waals surface area (Å²) < 4.78 is 5.74. The molecule has 0 saturated carbocycles. The number of nitrogen functional groups attached to an aromatic ring is 1. The Hall–Kier alpha value is -4.12. The van der Waals surface area contributed by atoms with Crippen LogP contribution < -0.4 is 5.73 Å². The van der Waals surface area contributed by atoms with Gasteiger partial charge in [0, 0.05) is 24.7 Å². The number of rotatable bonds is 5. The number of ether oxygens (including phenoxy) is 1. The van der Waals surface area contributed by atoms with Gasteiger partial charge >= 0.3 is 0 Å². The minimum Gasteiger partial charge on any atom is -0.470 e. The monoisotopic (exact) mass is 357 g/mol. The topological polar surface area (TPSA) is 122 Å². The van der Waals surface area contributed by atoms with Gasteiger partial charge in [-0.25, -0.2) is 9.97 Å². The van der Waals surface area contributed by atoms with E-state index in [0.717, 1.165) is 5.56 Å². The Morgan fingerprint density at radius 2 is 2.04 bits per heavy atom. The Bertz CT molecular complexity index is 1030. The van der Waals surface area contributed by atoms with Crippen LogP contribution in [0, 0.1) is 11.3 Å². The summed E-state index contributed by atoms with van der Waals surface area (Å²) in [7, 11) is 0. The van der Waals surface area contributed by atoms with E-state index in [1.165, 1.54) is 18.6 Å². The van der Waals surface area contributed by atoms with Crippen LogP contribution in [0.2, 0.25) is 0 Å². The summed E-state index contributed by atoms with van der Waals surface area (Å²) in [5.41, 5.74) is 8.48. The number of benzene rings is 1. The van der Waals surface area contributed by atoms with Crippen molar-refractivity contribution in [2.75, 3.05) is 5.73 Å². The molecule has 0 aliphatic rings. The van der Waals surface area contributed by atoms with E-state index in [1.54, 1.807) is 6.07 Å². The highest BCUT2D eigenvalue weighted by molar-refractivity contribution is 5.96. The molecule has 2 N–H and O–H groups in total. The molecule has 2 aromatic heterocycles. The van der Waals surface area contributed by atoms with Crippen LogP contribution >= 0.6 is 0 Å². The maximum Gasteiger partial charge on any atom is 0.263 e. The second-order valence-electron chi connectivity index (χ2n) is 5.34. The molecule has 0 spiro atoms. The van der Waals surface area contributed by atoms with E-state index in [1.807, 2.05) is 30.3 Å². The molecule has 132 valence electrons. The molecule has 1 aromatic carbocycles. The van der Waals surface area contributed by atoms with Gasteiger partial charge in [-0.3, -0.25) is 4.98 Å². The highest BCUT2D eigenvalue weighted by Crippen LogP contribution is 2.22. The molecule has 8 heteroatoms. The number of pyridine rings is 1. The molecule has 0 fully saturated rings. The van der Waals surface area contributed by atoms with Crippen molar-refractivity contribution in [3.05, 3.63) is 71.8 Å². The zero-order valence-corrected chi connectivity index (χ0v) is 14.3. The molecule has 0 atom stereocenters. The van der Waals surface area contributed by atoms with Crippen molar-refractivity contribution in [1.29, 1.82) is 5.26 Å². The van der Waals surface area contributed by atoms with Gasteiger partial charge in [-0.2, -0.15) is 10.4 Å². The predicted octanol–water partition coefficient (Wildman–Crippen LogP) is 2.57. The summed E-state index contributed by atoms with van der Waals surface area (Å²) in [5.74, 6) is 0.208. The van der Waals surface area contributed by atoms with Crippen LogP contribution in [0.25, 0.3) is 11.3 Å². The Morgan fingerprint density at radius 1 is 1.22 bits per heavy atom. The lowest BCUT2D eigenvalue weighted by atomic mass is 10.1. The van der Waals surface area contributed by atoms with Gasteiger partial charge in [0.15, 0.2) is 11.5 Å². The van der Waals surface area contributed by atoms with Gasteiger partial charge in [0.05, 0.1) is 23.5 Å².